The van der Waals surface area contributed by atoms with E-state index in [0.29, 0.717) is 36.6 Å². The summed E-state index contributed by atoms with van der Waals surface area (Å²) in [5.41, 5.74) is 2.26. The molecule has 3 amide bonds. The molecule has 3 aromatic rings. The molecule has 11 heteroatoms. The number of aromatic nitrogens is 2. The number of hydrogen-bond donors (Lipinski definition) is 2. The normalized spacial score (nSPS) is 16.6. The Bertz CT molecular complexity index is 1290. The lowest BCUT2D eigenvalue weighted by atomic mass is 9.97. The molecule has 1 aromatic heterocycles. The van der Waals surface area contributed by atoms with Gasteiger partial charge in [-0.05, 0) is 43.5 Å². The van der Waals surface area contributed by atoms with Gasteiger partial charge in [0.05, 0.1) is 5.92 Å². The Morgan fingerprint density at radius 1 is 1.03 bits per heavy atom. The first kappa shape index (κ1) is 22.8. The molecule has 2 aliphatic rings. The van der Waals surface area contributed by atoms with Crippen LogP contribution in [0, 0.1) is 12.8 Å². The molecule has 1 unspecified atom stereocenters. The van der Waals surface area contributed by atoms with E-state index in [-0.39, 0.29) is 41.1 Å². The van der Waals surface area contributed by atoms with Gasteiger partial charge in [0.1, 0.15) is 0 Å². The molecule has 2 aromatic carbocycles. The number of aryl methyl sites for hydroxylation is 1. The van der Waals surface area contributed by atoms with Crippen LogP contribution < -0.4 is 20.1 Å². The maximum atomic E-state index is 13.0. The minimum atomic E-state index is -0.477. The van der Waals surface area contributed by atoms with Gasteiger partial charge in [-0.1, -0.05) is 29.5 Å². The molecule has 10 nitrogen and oxygen atoms in total. The molecule has 180 valence electrons. The van der Waals surface area contributed by atoms with Crippen molar-refractivity contribution in [1.29, 1.82) is 0 Å². The van der Waals surface area contributed by atoms with Crippen LogP contribution in [0.4, 0.5) is 11.4 Å². The summed E-state index contributed by atoms with van der Waals surface area (Å²) in [6.07, 6.45) is 1.40. The number of carbonyl (C=O) groups is 3. The van der Waals surface area contributed by atoms with Gasteiger partial charge in [0.2, 0.25) is 22.7 Å². The van der Waals surface area contributed by atoms with Crippen LogP contribution in [0.3, 0.4) is 0 Å². The number of rotatable bonds is 5. The number of fused-ring (bicyclic) bond motifs is 1. The van der Waals surface area contributed by atoms with Crippen molar-refractivity contribution in [2.24, 2.45) is 5.92 Å². The third-order valence-corrected chi connectivity index (χ3v) is 6.82. The molecule has 2 aliphatic heterocycles. The van der Waals surface area contributed by atoms with Crippen LogP contribution >= 0.6 is 11.3 Å². The van der Waals surface area contributed by atoms with E-state index in [2.05, 4.69) is 20.8 Å². The first-order chi connectivity index (χ1) is 17.0. The van der Waals surface area contributed by atoms with Gasteiger partial charge in [0.15, 0.2) is 11.5 Å². The summed E-state index contributed by atoms with van der Waals surface area (Å²) in [7, 11) is 0. The smallest absolute Gasteiger partial charge is 0.286 e. The number of hydrogen-bond acceptors (Lipinski definition) is 8. The summed E-state index contributed by atoms with van der Waals surface area (Å²) in [5, 5.41) is 13.7. The second-order valence-electron chi connectivity index (χ2n) is 8.33. The van der Waals surface area contributed by atoms with Crippen molar-refractivity contribution in [3.63, 3.8) is 0 Å². The van der Waals surface area contributed by atoms with Crippen molar-refractivity contribution in [2.45, 2.75) is 19.8 Å². The van der Waals surface area contributed by atoms with E-state index < -0.39 is 5.91 Å². The molecule has 3 heterocycles. The van der Waals surface area contributed by atoms with E-state index in [1.165, 1.54) is 0 Å². The number of carbonyl (C=O) groups excluding carboxylic acids is 3. The monoisotopic (exact) mass is 493 g/mol. The van der Waals surface area contributed by atoms with Gasteiger partial charge in [-0.15, -0.1) is 10.2 Å². The summed E-state index contributed by atoms with van der Waals surface area (Å²) in [6, 6.07) is 12.6. The minimum Gasteiger partial charge on any atom is -0.454 e. The molecule has 1 atom stereocenters. The zero-order chi connectivity index (χ0) is 24.4. The summed E-state index contributed by atoms with van der Waals surface area (Å²) in [4.78, 5) is 40.1. The van der Waals surface area contributed by atoms with E-state index in [9.17, 15) is 14.4 Å². The molecule has 2 N–H and O–H groups in total. The molecule has 0 aliphatic carbocycles. The maximum Gasteiger partial charge on any atom is 0.286 e. The zero-order valence-corrected chi connectivity index (χ0v) is 19.8. The topological polar surface area (TPSA) is 123 Å². The molecule has 1 saturated heterocycles. The first-order valence-corrected chi connectivity index (χ1v) is 12.0. The lowest BCUT2D eigenvalue weighted by Crippen LogP contribution is -2.43. The number of anilines is 2. The van der Waals surface area contributed by atoms with Crippen molar-refractivity contribution in [1.82, 2.24) is 15.1 Å². The maximum absolute atomic E-state index is 13.0. The van der Waals surface area contributed by atoms with Crippen LogP contribution in [0.5, 0.6) is 11.5 Å². The second kappa shape index (κ2) is 9.71. The fourth-order valence-electron chi connectivity index (χ4n) is 4.02. The largest absolute Gasteiger partial charge is 0.454 e. The summed E-state index contributed by atoms with van der Waals surface area (Å²) in [5.74, 6) is -0.0966. The predicted octanol–water partition coefficient (Wildman–Crippen LogP) is 3.32. The van der Waals surface area contributed by atoms with Gasteiger partial charge >= 0.3 is 0 Å². The minimum absolute atomic E-state index is 0.0665. The Hall–Kier alpha value is -3.99. The quantitative estimate of drug-likeness (QED) is 0.559. The molecule has 0 saturated carbocycles. The van der Waals surface area contributed by atoms with Crippen molar-refractivity contribution in [2.75, 3.05) is 30.5 Å². The van der Waals surface area contributed by atoms with Gasteiger partial charge < -0.3 is 25.0 Å². The van der Waals surface area contributed by atoms with Crippen molar-refractivity contribution in [3.05, 3.63) is 58.0 Å². The average Bonchev–Trinajstić information content (AvgIpc) is 3.55. The zero-order valence-electron chi connectivity index (χ0n) is 18.9. The number of benzene rings is 2. The Morgan fingerprint density at radius 2 is 1.83 bits per heavy atom. The fraction of sp³-hybridized carbons (Fsp3) is 0.292. The molecular weight excluding hydrogens is 470 g/mol. The molecule has 35 heavy (non-hydrogen) atoms. The standard InChI is InChI=1S/C24H23N5O5S/c1-14-5-2-3-7-17(14)26-20(30)15-6-4-10-29(12-15)24(32)23-28-27-22(35-23)21(31)25-16-8-9-18-19(11-16)34-13-33-18/h2-3,5,7-9,11,15H,4,6,10,12-13H2,1H3,(H,25,31)(H,26,30). The Morgan fingerprint density at radius 3 is 2.69 bits per heavy atom. The van der Waals surface area contributed by atoms with Crippen molar-refractivity contribution < 1.29 is 23.9 Å². The lowest BCUT2D eigenvalue weighted by Gasteiger charge is -2.31. The predicted molar refractivity (Wildman–Crippen MR) is 129 cm³/mol. The second-order valence-corrected chi connectivity index (χ2v) is 9.31. The van der Waals surface area contributed by atoms with E-state index in [4.69, 9.17) is 9.47 Å². The molecule has 0 spiro atoms. The molecule has 1 fully saturated rings. The highest BCUT2D eigenvalue weighted by Crippen LogP contribution is 2.34. The van der Waals surface area contributed by atoms with Gasteiger partial charge in [0, 0.05) is 30.5 Å². The van der Waals surface area contributed by atoms with Crippen LogP contribution in [0.2, 0.25) is 0 Å². The number of ether oxygens (including phenoxy) is 2. The highest BCUT2D eigenvalue weighted by Gasteiger charge is 2.31. The average molecular weight is 494 g/mol. The summed E-state index contributed by atoms with van der Waals surface area (Å²) >= 11 is 0.920. The third kappa shape index (κ3) is 4.94. The number of piperidine rings is 1. The van der Waals surface area contributed by atoms with Crippen LogP contribution in [-0.4, -0.2) is 52.7 Å². The number of nitrogens with one attached hydrogen (secondary N) is 2. The van der Waals surface area contributed by atoms with Crippen LogP contribution in [0.25, 0.3) is 0 Å². The van der Waals surface area contributed by atoms with Gasteiger partial charge in [-0.3, -0.25) is 14.4 Å². The number of para-hydroxylation sites is 1. The van der Waals surface area contributed by atoms with Gasteiger partial charge in [-0.25, -0.2) is 0 Å². The first-order valence-electron chi connectivity index (χ1n) is 11.2. The van der Waals surface area contributed by atoms with E-state index >= 15 is 0 Å². The Labute approximate surface area is 205 Å². The van der Waals surface area contributed by atoms with Crippen molar-refractivity contribution >= 4 is 40.4 Å². The highest BCUT2D eigenvalue weighted by atomic mass is 32.1. The van der Waals surface area contributed by atoms with Crippen LogP contribution in [-0.2, 0) is 4.79 Å². The third-order valence-electron chi connectivity index (χ3n) is 5.91. The number of likely N-dealkylation sites (tertiary alicyclic amines) is 1. The molecule has 0 radical (unpaired) electrons. The molecular formula is C24H23N5O5S. The Balaban J connectivity index is 1.21. The highest BCUT2D eigenvalue weighted by molar-refractivity contribution is 7.15. The summed E-state index contributed by atoms with van der Waals surface area (Å²) < 4.78 is 10.6. The van der Waals surface area contributed by atoms with E-state index in [0.717, 1.165) is 22.6 Å². The van der Waals surface area contributed by atoms with Gasteiger partial charge in [0.25, 0.3) is 11.8 Å². The van der Waals surface area contributed by atoms with Crippen molar-refractivity contribution in [3.8, 4) is 11.5 Å². The SMILES string of the molecule is Cc1ccccc1NC(=O)C1CCCN(C(=O)c2nnc(C(=O)Nc3ccc4c(c3)OCO4)s2)C1. The lowest BCUT2D eigenvalue weighted by molar-refractivity contribution is -0.121. The van der Waals surface area contributed by atoms with Crippen LogP contribution in [0.15, 0.2) is 42.5 Å². The van der Waals surface area contributed by atoms with E-state index in [1.54, 1.807) is 23.1 Å². The van der Waals surface area contributed by atoms with E-state index in [1.807, 2.05) is 31.2 Å². The number of amides is 3. The molecule has 5 rings (SSSR count). The summed E-state index contributed by atoms with van der Waals surface area (Å²) in [6.45, 7) is 2.88. The number of nitrogens with zero attached hydrogens (tertiary/aromatic N) is 3. The molecule has 0 bridgehead atoms. The fourth-order valence-corrected chi connectivity index (χ4v) is 4.73. The van der Waals surface area contributed by atoms with Gasteiger partial charge in [-0.2, -0.15) is 0 Å². The van der Waals surface area contributed by atoms with Crippen LogP contribution in [0.1, 0.15) is 38.0 Å². The Kier molecular flexibility index (Phi) is 6.32.